The van der Waals surface area contributed by atoms with E-state index in [-0.39, 0.29) is 0 Å². The van der Waals surface area contributed by atoms with Gasteiger partial charge in [0.25, 0.3) is 0 Å². The van der Waals surface area contributed by atoms with Crippen LogP contribution in [0.3, 0.4) is 0 Å². The van der Waals surface area contributed by atoms with Crippen LogP contribution >= 0.6 is 11.6 Å². The molecule has 0 aliphatic rings. The molecule has 1 aromatic heterocycles. The van der Waals surface area contributed by atoms with E-state index in [1.807, 2.05) is 20.9 Å². The molecule has 3 nitrogen and oxygen atoms in total. The third-order valence-corrected chi connectivity index (χ3v) is 2.04. The molecule has 0 unspecified atom stereocenters. The normalized spacial score (nSPS) is 11.2. The van der Waals surface area contributed by atoms with Crippen molar-refractivity contribution < 1.29 is 0 Å². The molecule has 0 aromatic carbocycles. The van der Waals surface area contributed by atoms with Crippen molar-refractivity contribution in [3.63, 3.8) is 0 Å². The maximum absolute atomic E-state index is 8.86. The molecule has 0 saturated heterocycles. The second kappa shape index (κ2) is 2.80. The fourth-order valence-corrected chi connectivity index (χ4v) is 1.57. The highest BCUT2D eigenvalue weighted by molar-refractivity contribution is 6.30. The number of nitriles is 1. The van der Waals surface area contributed by atoms with Crippen molar-refractivity contribution >= 4 is 11.6 Å². The van der Waals surface area contributed by atoms with Crippen LogP contribution in [-0.4, -0.2) is 9.55 Å². The lowest BCUT2D eigenvalue weighted by molar-refractivity contribution is 0.621. The van der Waals surface area contributed by atoms with E-state index in [0.717, 1.165) is 5.69 Å². The second-order valence-electron chi connectivity index (χ2n) is 3.23. The highest BCUT2D eigenvalue weighted by Gasteiger charge is 2.26. The molecule has 1 aromatic rings. The Balaban J connectivity index is 3.28. The molecule has 12 heavy (non-hydrogen) atoms. The predicted molar refractivity (Wildman–Crippen MR) is 46.9 cm³/mol. The van der Waals surface area contributed by atoms with Gasteiger partial charge in [-0.2, -0.15) is 5.26 Å². The minimum atomic E-state index is -0.581. The van der Waals surface area contributed by atoms with Crippen LogP contribution in [0.25, 0.3) is 0 Å². The van der Waals surface area contributed by atoms with E-state index in [0.29, 0.717) is 5.15 Å². The summed E-state index contributed by atoms with van der Waals surface area (Å²) in [5.41, 5.74) is 0.175. The van der Waals surface area contributed by atoms with Gasteiger partial charge in [0.15, 0.2) is 5.15 Å². The number of aryl methyl sites for hydroxylation is 1. The summed E-state index contributed by atoms with van der Waals surface area (Å²) in [5, 5.41) is 9.27. The smallest absolute Gasteiger partial charge is 0.151 e. The highest BCUT2D eigenvalue weighted by atomic mass is 35.5. The third kappa shape index (κ3) is 1.30. The average molecular weight is 184 g/mol. The van der Waals surface area contributed by atoms with Crippen LogP contribution in [-0.2, 0) is 12.5 Å². The van der Waals surface area contributed by atoms with Crippen molar-refractivity contribution in [2.24, 2.45) is 7.05 Å². The van der Waals surface area contributed by atoms with Gasteiger partial charge in [0, 0.05) is 7.05 Å². The Morgan fingerprint density at radius 1 is 1.67 bits per heavy atom. The molecule has 0 fully saturated rings. The van der Waals surface area contributed by atoms with E-state index >= 15 is 0 Å². The van der Waals surface area contributed by atoms with E-state index in [4.69, 9.17) is 16.9 Å². The summed E-state index contributed by atoms with van der Waals surface area (Å²) in [7, 11) is 1.83. The summed E-state index contributed by atoms with van der Waals surface area (Å²) < 4.78 is 1.77. The number of rotatable bonds is 1. The fraction of sp³-hybridized carbons (Fsp3) is 0.500. The zero-order valence-corrected chi connectivity index (χ0v) is 8.05. The molecule has 0 aliphatic heterocycles. The lowest BCUT2D eigenvalue weighted by atomic mass is 9.92. The van der Waals surface area contributed by atoms with Gasteiger partial charge in [0.1, 0.15) is 0 Å². The third-order valence-electron chi connectivity index (χ3n) is 1.76. The highest BCUT2D eigenvalue weighted by Crippen LogP contribution is 2.27. The van der Waals surface area contributed by atoms with Crippen molar-refractivity contribution in [1.82, 2.24) is 9.55 Å². The van der Waals surface area contributed by atoms with Crippen molar-refractivity contribution in [3.05, 3.63) is 17.2 Å². The van der Waals surface area contributed by atoms with Gasteiger partial charge in [0.2, 0.25) is 0 Å². The molecule has 0 bridgehead atoms. The van der Waals surface area contributed by atoms with E-state index in [2.05, 4.69) is 11.1 Å². The monoisotopic (exact) mass is 183 g/mol. The predicted octanol–water partition coefficient (Wildman–Crippen LogP) is 1.87. The first-order chi connectivity index (χ1) is 5.49. The number of aromatic nitrogens is 2. The minimum absolute atomic E-state index is 0.407. The molecule has 0 amide bonds. The number of imidazole rings is 1. The van der Waals surface area contributed by atoms with E-state index in [1.54, 1.807) is 10.9 Å². The zero-order chi connectivity index (χ0) is 9.35. The first-order valence-electron chi connectivity index (χ1n) is 3.57. The molecular weight excluding hydrogens is 174 g/mol. The molecule has 1 rings (SSSR count). The second-order valence-corrected chi connectivity index (χ2v) is 3.59. The summed E-state index contributed by atoms with van der Waals surface area (Å²) in [6.45, 7) is 3.63. The van der Waals surface area contributed by atoms with Gasteiger partial charge in [0.05, 0.1) is 23.5 Å². The molecule has 0 spiro atoms. The molecule has 1 heterocycles. The number of hydrogen-bond acceptors (Lipinski definition) is 2. The van der Waals surface area contributed by atoms with Crippen LogP contribution < -0.4 is 0 Å². The van der Waals surface area contributed by atoms with Gasteiger partial charge < -0.3 is 4.57 Å². The summed E-state index contributed by atoms with van der Waals surface area (Å²) in [6, 6.07) is 2.18. The molecule has 0 saturated carbocycles. The lowest BCUT2D eigenvalue weighted by Crippen LogP contribution is -2.18. The van der Waals surface area contributed by atoms with Crippen molar-refractivity contribution in [2.75, 3.05) is 0 Å². The topological polar surface area (TPSA) is 41.6 Å². The molecule has 64 valence electrons. The molecule has 0 N–H and O–H groups in total. The van der Waals surface area contributed by atoms with E-state index < -0.39 is 5.41 Å². The number of nitrogens with zero attached hydrogens (tertiary/aromatic N) is 3. The van der Waals surface area contributed by atoms with Crippen LogP contribution in [0, 0.1) is 11.3 Å². The van der Waals surface area contributed by atoms with E-state index in [1.165, 1.54) is 0 Å². The van der Waals surface area contributed by atoms with Gasteiger partial charge in [-0.25, -0.2) is 4.98 Å². The number of hydrogen-bond donors (Lipinski definition) is 0. The average Bonchev–Trinajstić information content (AvgIpc) is 2.31. The van der Waals surface area contributed by atoms with Crippen molar-refractivity contribution in [3.8, 4) is 6.07 Å². The summed E-state index contributed by atoms with van der Waals surface area (Å²) in [5.74, 6) is 0. The largest absolute Gasteiger partial charge is 0.335 e. The minimum Gasteiger partial charge on any atom is -0.335 e. The maximum atomic E-state index is 8.86. The van der Waals surface area contributed by atoms with Gasteiger partial charge in [-0.3, -0.25) is 0 Å². The first kappa shape index (κ1) is 9.08. The quantitative estimate of drug-likeness (QED) is 0.667. The summed E-state index contributed by atoms with van der Waals surface area (Å²) in [6.07, 6.45) is 1.61. The number of halogens is 1. The van der Waals surface area contributed by atoms with Crippen LogP contribution in [0.5, 0.6) is 0 Å². The SMILES string of the molecule is Cn1cnc(Cl)c1C(C)(C)C#N. The van der Waals surface area contributed by atoms with Crippen LogP contribution in [0.1, 0.15) is 19.5 Å². The van der Waals surface area contributed by atoms with Crippen LogP contribution in [0.15, 0.2) is 6.33 Å². The molecule has 0 atom stereocenters. The summed E-state index contributed by atoms with van der Waals surface area (Å²) in [4.78, 5) is 3.91. The molecule has 0 aliphatic carbocycles. The van der Waals surface area contributed by atoms with Crippen molar-refractivity contribution in [1.29, 1.82) is 5.26 Å². The summed E-state index contributed by atoms with van der Waals surface area (Å²) >= 11 is 5.83. The van der Waals surface area contributed by atoms with Crippen molar-refractivity contribution in [2.45, 2.75) is 19.3 Å². The van der Waals surface area contributed by atoms with Crippen LogP contribution in [0.4, 0.5) is 0 Å². The standard InChI is InChI=1S/C8H10ClN3/c1-8(2,4-10)6-7(9)11-5-12(6)3/h5H,1-3H3. The zero-order valence-electron chi connectivity index (χ0n) is 7.30. The Bertz CT molecular complexity index is 313. The first-order valence-corrected chi connectivity index (χ1v) is 3.95. The Kier molecular flexibility index (Phi) is 2.12. The van der Waals surface area contributed by atoms with Gasteiger partial charge in [-0.05, 0) is 13.8 Å². The van der Waals surface area contributed by atoms with Gasteiger partial charge >= 0.3 is 0 Å². The molecule has 0 radical (unpaired) electrons. The maximum Gasteiger partial charge on any atom is 0.151 e. The fourth-order valence-electron chi connectivity index (χ4n) is 1.15. The van der Waals surface area contributed by atoms with Gasteiger partial charge in [-0.1, -0.05) is 11.6 Å². The van der Waals surface area contributed by atoms with Crippen LogP contribution in [0.2, 0.25) is 5.15 Å². The lowest BCUT2D eigenvalue weighted by Gasteiger charge is -2.15. The Hall–Kier alpha value is -1.01. The molecule has 4 heteroatoms. The Labute approximate surface area is 76.6 Å². The van der Waals surface area contributed by atoms with Gasteiger partial charge in [-0.15, -0.1) is 0 Å². The molecular formula is C8H10ClN3. The Morgan fingerprint density at radius 2 is 2.25 bits per heavy atom. The Morgan fingerprint density at radius 3 is 2.58 bits per heavy atom. The van der Waals surface area contributed by atoms with E-state index in [9.17, 15) is 0 Å².